The van der Waals surface area contributed by atoms with E-state index in [1.807, 2.05) is 0 Å². The van der Waals surface area contributed by atoms with Gasteiger partial charge in [0.25, 0.3) is 0 Å². The van der Waals surface area contributed by atoms with Crippen LogP contribution in [0.3, 0.4) is 0 Å². The fourth-order valence-electron chi connectivity index (χ4n) is 0.975. The first-order valence-corrected chi connectivity index (χ1v) is 4.78. The predicted molar refractivity (Wildman–Crippen MR) is 35.6 cm³/mol. The third-order valence-electron chi connectivity index (χ3n) is 1.22. The standard InChI is InChI=1S/C8H9.Hf/c1-7-4-3-5-8(2)6-7;/h4-6H,1-2H3;. The summed E-state index contributed by atoms with van der Waals surface area (Å²) in [6.45, 7) is 4.29. The molecule has 0 saturated heterocycles. The van der Waals surface area contributed by atoms with Crippen molar-refractivity contribution in [1.82, 2.24) is 0 Å². The zero-order valence-electron chi connectivity index (χ0n) is 5.73. The Labute approximate surface area is 70.9 Å². The first-order valence-electron chi connectivity index (χ1n) is 2.98. The summed E-state index contributed by atoms with van der Waals surface area (Å²) in [4.78, 5) is 0. The second kappa shape index (κ2) is 2.78. The molecular formula is C8H9Hf. The quantitative estimate of drug-likeness (QED) is 0.633. The van der Waals surface area contributed by atoms with E-state index >= 15 is 0 Å². The second-order valence-electron chi connectivity index (χ2n) is 2.38. The van der Waals surface area contributed by atoms with Gasteiger partial charge in [0.1, 0.15) is 0 Å². The molecule has 0 spiro atoms. The first-order chi connectivity index (χ1) is 4.18. The van der Waals surface area contributed by atoms with Gasteiger partial charge in [-0.25, -0.2) is 0 Å². The van der Waals surface area contributed by atoms with Crippen molar-refractivity contribution in [3.8, 4) is 0 Å². The number of benzene rings is 1. The third-order valence-corrected chi connectivity index (χ3v) is 2.26. The number of aryl methyl sites for hydroxylation is 2. The van der Waals surface area contributed by atoms with E-state index in [1.54, 1.807) is 0 Å². The molecule has 0 amide bonds. The predicted octanol–water partition coefficient (Wildman–Crippen LogP) is 1.48. The van der Waals surface area contributed by atoms with Crippen molar-refractivity contribution in [1.29, 1.82) is 0 Å². The molecule has 0 unspecified atom stereocenters. The van der Waals surface area contributed by atoms with Crippen molar-refractivity contribution in [3.05, 3.63) is 29.3 Å². The van der Waals surface area contributed by atoms with Crippen molar-refractivity contribution < 1.29 is 24.4 Å². The summed E-state index contributed by atoms with van der Waals surface area (Å²) in [6, 6.07) is 6.71. The number of hydrogen-bond donors (Lipinski definition) is 0. The Morgan fingerprint density at radius 1 is 1.00 bits per heavy atom. The van der Waals surface area contributed by atoms with Gasteiger partial charge in [-0.1, -0.05) is 0 Å². The molecule has 0 bridgehead atoms. The summed E-state index contributed by atoms with van der Waals surface area (Å²) in [5, 5.41) is 0. The average molecular weight is 284 g/mol. The van der Waals surface area contributed by atoms with Crippen molar-refractivity contribution in [2.24, 2.45) is 0 Å². The molecule has 1 aromatic rings. The molecule has 0 fully saturated rings. The summed E-state index contributed by atoms with van der Waals surface area (Å²) < 4.78 is 1.49. The molecule has 0 N–H and O–H groups in total. The van der Waals surface area contributed by atoms with Crippen LogP contribution in [0.2, 0.25) is 0 Å². The normalized spacial score (nSPS) is 9.44. The molecule has 45 valence electrons. The van der Waals surface area contributed by atoms with Crippen LogP contribution in [0.15, 0.2) is 18.2 Å². The Morgan fingerprint density at radius 3 is 1.78 bits per heavy atom. The SMILES string of the molecule is Cc1cc(C)c[c]([Hf])c1. The Bertz CT molecular complexity index is 165. The van der Waals surface area contributed by atoms with Gasteiger partial charge < -0.3 is 0 Å². The van der Waals surface area contributed by atoms with E-state index in [0.29, 0.717) is 0 Å². The van der Waals surface area contributed by atoms with Crippen LogP contribution < -0.4 is 3.32 Å². The summed E-state index contributed by atoms with van der Waals surface area (Å²) in [7, 11) is 0. The molecule has 0 nitrogen and oxygen atoms in total. The monoisotopic (exact) mass is 285 g/mol. The van der Waals surface area contributed by atoms with E-state index in [1.165, 1.54) is 38.8 Å². The van der Waals surface area contributed by atoms with E-state index in [4.69, 9.17) is 0 Å². The van der Waals surface area contributed by atoms with Gasteiger partial charge in [0.2, 0.25) is 0 Å². The molecule has 0 aromatic heterocycles. The molecule has 0 aliphatic rings. The number of hydrogen-bond acceptors (Lipinski definition) is 0. The molecular weight excluding hydrogens is 275 g/mol. The molecule has 0 atom stereocenters. The summed E-state index contributed by atoms with van der Waals surface area (Å²) >= 11 is 1.17. The van der Waals surface area contributed by atoms with Crippen molar-refractivity contribution in [2.75, 3.05) is 0 Å². The minimum absolute atomic E-state index is 1.17. The van der Waals surface area contributed by atoms with Crippen molar-refractivity contribution >= 4 is 3.32 Å². The van der Waals surface area contributed by atoms with Crippen LogP contribution in [0.4, 0.5) is 0 Å². The van der Waals surface area contributed by atoms with Gasteiger partial charge in [0, 0.05) is 0 Å². The van der Waals surface area contributed by atoms with Gasteiger partial charge in [-0.3, -0.25) is 0 Å². The van der Waals surface area contributed by atoms with E-state index < -0.39 is 0 Å². The maximum absolute atomic E-state index is 2.25. The van der Waals surface area contributed by atoms with Crippen LogP contribution in [0.25, 0.3) is 0 Å². The molecule has 0 heterocycles. The van der Waals surface area contributed by atoms with Crippen LogP contribution in [-0.2, 0) is 24.4 Å². The van der Waals surface area contributed by atoms with E-state index in [-0.39, 0.29) is 0 Å². The van der Waals surface area contributed by atoms with Gasteiger partial charge in [0.15, 0.2) is 0 Å². The molecule has 0 aliphatic heterocycles. The minimum atomic E-state index is 1.17. The van der Waals surface area contributed by atoms with E-state index in [0.717, 1.165) is 0 Å². The summed E-state index contributed by atoms with van der Waals surface area (Å²) in [5.41, 5.74) is 2.78. The molecule has 9 heavy (non-hydrogen) atoms. The molecule has 1 rings (SSSR count). The molecule has 1 aromatic carbocycles. The van der Waals surface area contributed by atoms with E-state index in [9.17, 15) is 0 Å². The Kier molecular flexibility index (Phi) is 2.23. The molecule has 0 saturated carbocycles. The zero-order valence-corrected chi connectivity index (χ0v) is 9.32. The zero-order chi connectivity index (χ0) is 6.85. The van der Waals surface area contributed by atoms with Crippen molar-refractivity contribution in [2.45, 2.75) is 13.8 Å². The van der Waals surface area contributed by atoms with Crippen LogP contribution >= 0.6 is 0 Å². The van der Waals surface area contributed by atoms with Gasteiger partial charge in [0.05, 0.1) is 0 Å². The molecule has 0 radical (unpaired) electrons. The van der Waals surface area contributed by atoms with Gasteiger partial charge in [-0.2, -0.15) is 0 Å². The van der Waals surface area contributed by atoms with Crippen LogP contribution in [0.1, 0.15) is 11.1 Å². The molecule has 0 aliphatic carbocycles. The summed E-state index contributed by atoms with van der Waals surface area (Å²) in [6.07, 6.45) is 0. The van der Waals surface area contributed by atoms with Gasteiger partial charge in [-0.15, -0.1) is 0 Å². The summed E-state index contributed by atoms with van der Waals surface area (Å²) in [5.74, 6) is 0. The Hall–Kier alpha value is 0.0901. The topological polar surface area (TPSA) is 0 Å². The number of rotatable bonds is 0. The van der Waals surface area contributed by atoms with Crippen LogP contribution in [-0.4, -0.2) is 0 Å². The second-order valence-corrected chi connectivity index (χ2v) is 4.45. The average Bonchev–Trinajstić information content (AvgIpc) is 1.59. The van der Waals surface area contributed by atoms with Gasteiger partial charge in [-0.05, 0) is 0 Å². The molecule has 1 heteroatoms. The fraction of sp³-hybridized carbons (Fsp3) is 0.250. The Morgan fingerprint density at radius 2 is 1.44 bits per heavy atom. The van der Waals surface area contributed by atoms with E-state index in [2.05, 4.69) is 32.0 Å². The van der Waals surface area contributed by atoms with Crippen molar-refractivity contribution in [3.63, 3.8) is 0 Å². The van der Waals surface area contributed by atoms with Crippen LogP contribution in [0, 0.1) is 13.8 Å². The fourth-order valence-corrected chi connectivity index (χ4v) is 2.61. The van der Waals surface area contributed by atoms with Gasteiger partial charge >= 0.3 is 70.9 Å². The first kappa shape index (κ1) is 7.20. The Balaban J connectivity index is 3.17. The third kappa shape index (κ3) is 2.05. The van der Waals surface area contributed by atoms with Crippen LogP contribution in [0.5, 0.6) is 0 Å². The maximum atomic E-state index is 2.25.